The van der Waals surface area contributed by atoms with Gasteiger partial charge in [-0.2, -0.15) is 0 Å². The van der Waals surface area contributed by atoms with Crippen molar-refractivity contribution in [3.05, 3.63) is 57.0 Å². The van der Waals surface area contributed by atoms with Gasteiger partial charge < -0.3 is 4.74 Å². The van der Waals surface area contributed by atoms with Gasteiger partial charge in [0.1, 0.15) is 11.5 Å². The molecule has 0 bridgehead atoms. The normalized spacial score (nSPS) is 10.3. The van der Waals surface area contributed by atoms with Gasteiger partial charge in [-0.05, 0) is 31.2 Å². The van der Waals surface area contributed by atoms with Crippen molar-refractivity contribution in [2.75, 3.05) is 0 Å². The van der Waals surface area contributed by atoms with Crippen molar-refractivity contribution in [2.45, 2.75) is 6.92 Å². The Labute approximate surface area is 125 Å². The molecule has 0 aliphatic carbocycles. The number of Topliss-reactive ketones (excluding diaryl/α,β-unsaturated/α-hetero) is 1. The summed E-state index contributed by atoms with van der Waals surface area (Å²) in [6.07, 6.45) is 0. The molecule has 0 radical (unpaired) electrons. The van der Waals surface area contributed by atoms with Crippen LogP contribution in [0.1, 0.15) is 17.3 Å². The van der Waals surface area contributed by atoms with Crippen LogP contribution >= 0.6 is 34.8 Å². The second-order valence-corrected chi connectivity index (χ2v) is 5.13. The van der Waals surface area contributed by atoms with Crippen LogP contribution < -0.4 is 4.74 Å². The molecule has 98 valence electrons. The van der Waals surface area contributed by atoms with Crippen LogP contribution in [0.2, 0.25) is 15.1 Å². The Morgan fingerprint density at radius 3 is 2.37 bits per heavy atom. The first-order valence-corrected chi connectivity index (χ1v) is 6.54. The molecule has 0 saturated heterocycles. The van der Waals surface area contributed by atoms with Gasteiger partial charge in [-0.3, -0.25) is 4.79 Å². The average Bonchev–Trinajstić information content (AvgIpc) is 2.33. The van der Waals surface area contributed by atoms with Crippen LogP contribution in [0.4, 0.5) is 0 Å². The van der Waals surface area contributed by atoms with Crippen LogP contribution in [-0.4, -0.2) is 5.78 Å². The number of carbonyl (C=O) groups is 1. The Morgan fingerprint density at radius 1 is 1.00 bits per heavy atom. The van der Waals surface area contributed by atoms with Crippen LogP contribution in [0.5, 0.6) is 11.5 Å². The molecule has 0 aromatic heterocycles. The third-order valence-electron chi connectivity index (χ3n) is 2.44. The van der Waals surface area contributed by atoms with E-state index in [-0.39, 0.29) is 5.78 Å². The SMILES string of the molecule is CC(=O)c1ccc(Oc2cc(Cl)ccc2Cl)cc1Cl. The van der Waals surface area contributed by atoms with E-state index in [9.17, 15) is 4.79 Å². The third-order valence-corrected chi connectivity index (χ3v) is 3.30. The number of ketones is 1. The maximum atomic E-state index is 11.3. The minimum absolute atomic E-state index is 0.0997. The molecule has 19 heavy (non-hydrogen) atoms. The predicted molar refractivity (Wildman–Crippen MR) is 78.0 cm³/mol. The van der Waals surface area contributed by atoms with Crippen molar-refractivity contribution in [1.29, 1.82) is 0 Å². The monoisotopic (exact) mass is 314 g/mol. The minimum atomic E-state index is -0.0997. The van der Waals surface area contributed by atoms with E-state index < -0.39 is 0 Å². The first-order chi connectivity index (χ1) is 8.97. The van der Waals surface area contributed by atoms with E-state index in [4.69, 9.17) is 39.5 Å². The second-order valence-electron chi connectivity index (χ2n) is 3.87. The van der Waals surface area contributed by atoms with Crippen LogP contribution in [0.15, 0.2) is 36.4 Å². The van der Waals surface area contributed by atoms with Gasteiger partial charge >= 0.3 is 0 Å². The molecular formula is C14H9Cl3O2. The molecule has 0 unspecified atom stereocenters. The van der Waals surface area contributed by atoms with Crippen LogP contribution in [0.25, 0.3) is 0 Å². The number of hydrogen-bond acceptors (Lipinski definition) is 2. The number of benzene rings is 2. The molecule has 0 spiro atoms. The lowest BCUT2D eigenvalue weighted by Gasteiger charge is -2.09. The van der Waals surface area contributed by atoms with Crippen molar-refractivity contribution < 1.29 is 9.53 Å². The average molecular weight is 316 g/mol. The Hall–Kier alpha value is -1.22. The van der Waals surface area contributed by atoms with Gasteiger partial charge in [-0.25, -0.2) is 0 Å². The predicted octanol–water partition coefficient (Wildman–Crippen LogP) is 5.64. The van der Waals surface area contributed by atoms with Gasteiger partial charge in [0.15, 0.2) is 5.78 Å². The Bertz CT molecular complexity index is 639. The van der Waals surface area contributed by atoms with Crippen molar-refractivity contribution in [3.8, 4) is 11.5 Å². The maximum Gasteiger partial charge on any atom is 0.161 e. The molecule has 2 aromatic rings. The van der Waals surface area contributed by atoms with E-state index in [0.717, 1.165) is 0 Å². The lowest BCUT2D eigenvalue weighted by Crippen LogP contribution is -1.94. The zero-order valence-electron chi connectivity index (χ0n) is 9.91. The zero-order valence-corrected chi connectivity index (χ0v) is 12.2. The molecule has 5 heteroatoms. The van der Waals surface area contributed by atoms with Gasteiger partial charge in [0, 0.05) is 22.7 Å². The Morgan fingerprint density at radius 2 is 1.74 bits per heavy atom. The largest absolute Gasteiger partial charge is 0.456 e. The molecule has 0 heterocycles. The second kappa shape index (κ2) is 5.83. The highest BCUT2D eigenvalue weighted by atomic mass is 35.5. The highest BCUT2D eigenvalue weighted by Crippen LogP contribution is 2.33. The first kappa shape index (κ1) is 14.2. The summed E-state index contributed by atoms with van der Waals surface area (Å²) < 4.78 is 5.59. The molecule has 0 fully saturated rings. The molecule has 0 atom stereocenters. The van der Waals surface area contributed by atoms with Gasteiger partial charge in [-0.15, -0.1) is 0 Å². The first-order valence-electron chi connectivity index (χ1n) is 5.41. The van der Waals surface area contributed by atoms with Crippen LogP contribution in [0.3, 0.4) is 0 Å². The molecule has 0 aliphatic heterocycles. The summed E-state index contributed by atoms with van der Waals surface area (Å²) in [6, 6.07) is 9.75. The molecule has 2 nitrogen and oxygen atoms in total. The highest BCUT2D eigenvalue weighted by Gasteiger charge is 2.09. The Balaban J connectivity index is 2.31. The van der Waals surface area contributed by atoms with Crippen molar-refractivity contribution in [3.63, 3.8) is 0 Å². The molecule has 2 rings (SSSR count). The summed E-state index contributed by atoms with van der Waals surface area (Å²) in [5.74, 6) is 0.817. The van der Waals surface area contributed by atoms with E-state index in [1.807, 2.05) is 0 Å². The number of rotatable bonds is 3. The van der Waals surface area contributed by atoms with E-state index in [1.54, 1.807) is 36.4 Å². The van der Waals surface area contributed by atoms with Gasteiger partial charge in [-0.1, -0.05) is 34.8 Å². The molecule has 0 saturated carbocycles. The molecule has 2 aromatic carbocycles. The van der Waals surface area contributed by atoms with Crippen molar-refractivity contribution in [1.82, 2.24) is 0 Å². The number of hydrogen-bond donors (Lipinski definition) is 0. The fourth-order valence-corrected chi connectivity index (χ4v) is 2.15. The van der Waals surface area contributed by atoms with Gasteiger partial charge in [0.25, 0.3) is 0 Å². The summed E-state index contributed by atoms with van der Waals surface area (Å²) in [6.45, 7) is 1.45. The molecular weight excluding hydrogens is 307 g/mol. The van der Waals surface area contributed by atoms with Crippen molar-refractivity contribution >= 4 is 40.6 Å². The van der Waals surface area contributed by atoms with Crippen LogP contribution in [0, 0.1) is 0 Å². The zero-order chi connectivity index (χ0) is 14.0. The van der Waals surface area contributed by atoms with Gasteiger partial charge in [0.2, 0.25) is 0 Å². The standard InChI is InChI=1S/C14H9Cl3O2/c1-8(18)11-4-3-10(7-13(11)17)19-14-6-9(15)2-5-12(14)16/h2-7H,1H3. The fraction of sp³-hybridized carbons (Fsp3) is 0.0714. The van der Waals surface area contributed by atoms with E-state index in [1.165, 1.54) is 6.92 Å². The Kier molecular flexibility index (Phi) is 4.35. The van der Waals surface area contributed by atoms with E-state index >= 15 is 0 Å². The molecule has 0 amide bonds. The smallest absolute Gasteiger partial charge is 0.161 e. The van der Waals surface area contributed by atoms with E-state index in [2.05, 4.69) is 0 Å². The lowest BCUT2D eigenvalue weighted by molar-refractivity contribution is 0.101. The number of carbonyl (C=O) groups excluding carboxylic acids is 1. The minimum Gasteiger partial charge on any atom is -0.456 e. The number of halogens is 3. The summed E-state index contributed by atoms with van der Waals surface area (Å²) in [4.78, 5) is 11.3. The molecule has 0 aliphatic rings. The highest BCUT2D eigenvalue weighted by molar-refractivity contribution is 6.34. The lowest BCUT2D eigenvalue weighted by atomic mass is 10.1. The van der Waals surface area contributed by atoms with Crippen molar-refractivity contribution in [2.24, 2.45) is 0 Å². The quantitative estimate of drug-likeness (QED) is 0.685. The van der Waals surface area contributed by atoms with Gasteiger partial charge in [0.05, 0.1) is 10.0 Å². The summed E-state index contributed by atoms with van der Waals surface area (Å²) >= 11 is 17.9. The summed E-state index contributed by atoms with van der Waals surface area (Å²) in [7, 11) is 0. The summed E-state index contributed by atoms with van der Waals surface area (Å²) in [5.41, 5.74) is 0.450. The third kappa shape index (κ3) is 3.41. The number of ether oxygens (including phenoxy) is 1. The summed E-state index contributed by atoms with van der Waals surface area (Å²) in [5, 5.41) is 1.30. The van der Waals surface area contributed by atoms with Crippen LogP contribution in [-0.2, 0) is 0 Å². The van der Waals surface area contributed by atoms with E-state index in [0.29, 0.717) is 32.1 Å². The maximum absolute atomic E-state index is 11.3. The topological polar surface area (TPSA) is 26.3 Å². The fourth-order valence-electron chi connectivity index (χ4n) is 1.53. The molecule has 0 N–H and O–H groups in total.